The molecule has 3 aromatic rings. The van der Waals surface area contributed by atoms with Gasteiger partial charge in [0, 0.05) is 19.3 Å². The monoisotopic (exact) mass is 443 g/mol. The molecule has 0 heterocycles. The van der Waals surface area contributed by atoms with Gasteiger partial charge in [-0.2, -0.15) is 0 Å². The molecule has 33 heavy (non-hydrogen) atoms. The molecule has 0 atom stereocenters. The first kappa shape index (κ1) is 23.1. The smallest absolute Gasteiger partial charge is 0.305 e. The van der Waals surface area contributed by atoms with Crippen LogP contribution in [0.1, 0.15) is 39.8 Å². The molecule has 4 rings (SSSR count). The van der Waals surface area contributed by atoms with Crippen molar-refractivity contribution in [2.45, 2.75) is 52.7 Å². The number of anilines is 1. The number of aliphatic carboxylic acids is 1. The van der Waals surface area contributed by atoms with Crippen molar-refractivity contribution in [2.24, 2.45) is 0 Å². The molecule has 172 valence electrons. The molecule has 1 N–H and O–H groups in total. The summed E-state index contributed by atoms with van der Waals surface area (Å²) >= 11 is 0. The first-order chi connectivity index (χ1) is 15.8. The van der Waals surface area contributed by atoms with E-state index in [-0.39, 0.29) is 12.5 Å². The molecule has 0 amide bonds. The Kier molecular flexibility index (Phi) is 6.85. The number of carbonyl (C=O) groups is 1. The van der Waals surface area contributed by atoms with E-state index in [2.05, 4.69) is 75.4 Å². The second-order valence-electron chi connectivity index (χ2n) is 9.25. The minimum Gasteiger partial charge on any atom is -0.481 e. The van der Waals surface area contributed by atoms with Crippen molar-refractivity contribution in [1.29, 1.82) is 0 Å². The van der Waals surface area contributed by atoms with Crippen LogP contribution in [0.25, 0.3) is 11.1 Å². The van der Waals surface area contributed by atoms with Crippen LogP contribution in [0.3, 0.4) is 0 Å². The molecular weight excluding hydrogens is 410 g/mol. The van der Waals surface area contributed by atoms with Gasteiger partial charge < -0.3 is 14.7 Å². The molecule has 1 aliphatic rings. The van der Waals surface area contributed by atoms with Gasteiger partial charge in [0.1, 0.15) is 0 Å². The molecule has 0 radical (unpaired) electrons. The van der Waals surface area contributed by atoms with E-state index >= 15 is 0 Å². The minimum absolute atomic E-state index is 0.112. The molecule has 0 saturated carbocycles. The summed E-state index contributed by atoms with van der Waals surface area (Å²) in [7, 11) is 1.94. The SMILES string of the molecule is Cc1cc(-c2ccc(N(C)CCC(=O)O)cc2COC2Cc3ccccc3C2)cc(C)c1C. The Balaban J connectivity index is 1.61. The second-order valence-corrected chi connectivity index (χ2v) is 9.25. The van der Waals surface area contributed by atoms with E-state index in [4.69, 9.17) is 9.84 Å². The number of carboxylic acid groups (broad SMARTS) is 1. The maximum atomic E-state index is 11.0. The van der Waals surface area contributed by atoms with Gasteiger partial charge in [-0.25, -0.2) is 0 Å². The molecule has 0 aliphatic heterocycles. The highest BCUT2D eigenvalue weighted by Gasteiger charge is 2.22. The number of benzene rings is 3. The van der Waals surface area contributed by atoms with E-state index in [1.165, 1.54) is 38.9 Å². The van der Waals surface area contributed by atoms with Crippen LogP contribution in [0.2, 0.25) is 0 Å². The number of aryl methyl sites for hydroxylation is 2. The van der Waals surface area contributed by atoms with Gasteiger partial charge >= 0.3 is 5.97 Å². The predicted molar refractivity (Wildman–Crippen MR) is 134 cm³/mol. The highest BCUT2D eigenvalue weighted by atomic mass is 16.5. The van der Waals surface area contributed by atoms with Crippen LogP contribution in [0, 0.1) is 20.8 Å². The molecule has 4 nitrogen and oxygen atoms in total. The van der Waals surface area contributed by atoms with E-state index in [9.17, 15) is 4.79 Å². The standard InChI is InChI=1S/C29H33NO3/c1-19-13-24(14-20(2)21(19)3)28-10-9-26(30(4)12-11-29(31)32)15-25(28)18-33-27-16-22-7-5-6-8-23(22)17-27/h5-10,13-15,27H,11-12,16-18H2,1-4H3,(H,31,32). The van der Waals surface area contributed by atoms with Crippen LogP contribution in [0.5, 0.6) is 0 Å². The lowest BCUT2D eigenvalue weighted by atomic mass is 9.93. The van der Waals surface area contributed by atoms with Gasteiger partial charge in [0.15, 0.2) is 0 Å². The van der Waals surface area contributed by atoms with Crippen LogP contribution >= 0.6 is 0 Å². The Bertz CT molecular complexity index is 1120. The topological polar surface area (TPSA) is 49.8 Å². The zero-order valence-corrected chi connectivity index (χ0v) is 20.0. The van der Waals surface area contributed by atoms with Gasteiger partial charge in [0.25, 0.3) is 0 Å². The van der Waals surface area contributed by atoms with Crippen molar-refractivity contribution < 1.29 is 14.6 Å². The summed E-state index contributed by atoms with van der Waals surface area (Å²) in [5, 5.41) is 9.06. The van der Waals surface area contributed by atoms with Crippen LogP contribution in [-0.4, -0.2) is 30.8 Å². The van der Waals surface area contributed by atoms with Gasteiger partial charge in [-0.15, -0.1) is 0 Å². The average Bonchev–Trinajstić information content (AvgIpc) is 3.22. The van der Waals surface area contributed by atoms with Crippen molar-refractivity contribution in [2.75, 3.05) is 18.5 Å². The summed E-state index contributed by atoms with van der Waals surface area (Å²) in [6.07, 6.45) is 2.20. The van der Waals surface area contributed by atoms with Gasteiger partial charge in [-0.3, -0.25) is 4.79 Å². The maximum Gasteiger partial charge on any atom is 0.305 e. The maximum absolute atomic E-state index is 11.0. The molecule has 4 heteroatoms. The molecule has 0 unspecified atom stereocenters. The molecular formula is C29H33NO3. The van der Waals surface area contributed by atoms with Crippen LogP contribution < -0.4 is 4.90 Å². The summed E-state index contributed by atoms with van der Waals surface area (Å²) < 4.78 is 6.44. The van der Waals surface area contributed by atoms with Crippen molar-refractivity contribution in [3.05, 3.63) is 88.0 Å². The normalized spacial score (nSPS) is 13.2. The largest absolute Gasteiger partial charge is 0.481 e. The summed E-state index contributed by atoms with van der Waals surface area (Å²) in [5.41, 5.74) is 11.2. The zero-order valence-electron chi connectivity index (χ0n) is 20.0. The molecule has 1 aliphatic carbocycles. The fourth-order valence-electron chi connectivity index (χ4n) is 4.65. The summed E-state index contributed by atoms with van der Waals surface area (Å²) in [6, 6.07) is 19.5. The predicted octanol–water partition coefficient (Wildman–Crippen LogP) is 5.87. The number of hydrogen-bond acceptors (Lipinski definition) is 3. The molecule has 0 saturated heterocycles. The lowest BCUT2D eigenvalue weighted by Gasteiger charge is -2.22. The van der Waals surface area contributed by atoms with Gasteiger partial charge in [0.2, 0.25) is 0 Å². The third kappa shape index (κ3) is 5.28. The Morgan fingerprint density at radius 2 is 1.64 bits per heavy atom. The zero-order chi connectivity index (χ0) is 23.5. The number of ether oxygens (including phenoxy) is 1. The number of nitrogens with zero attached hydrogens (tertiary/aromatic N) is 1. The van der Waals surface area contributed by atoms with Crippen LogP contribution in [0.15, 0.2) is 54.6 Å². The highest BCUT2D eigenvalue weighted by molar-refractivity contribution is 5.73. The summed E-state index contributed by atoms with van der Waals surface area (Å²) in [6.45, 7) is 7.48. The minimum atomic E-state index is -0.784. The van der Waals surface area contributed by atoms with E-state index in [1.54, 1.807) is 0 Å². The van der Waals surface area contributed by atoms with E-state index < -0.39 is 5.97 Å². The first-order valence-electron chi connectivity index (χ1n) is 11.6. The Morgan fingerprint density at radius 1 is 1.00 bits per heavy atom. The van der Waals surface area contributed by atoms with E-state index in [0.29, 0.717) is 13.2 Å². The van der Waals surface area contributed by atoms with E-state index in [0.717, 1.165) is 24.1 Å². The molecule has 0 spiro atoms. The fraction of sp³-hybridized carbons (Fsp3) is 0.345. The highest BCUT2D eigenvalue weighted by Crippen LogP contribution is 2.32. The van der Waals surface area contributed by atoms with Crippen LogP contribution in [0.4, 0.5) is 5.69 Å². The van der Waals surface area contributed by atoms with Crippen molar-refractivity contribution in [3.63, 3.8) is 0 Å². The number of rotatable bonds is 8. The van der Waals surface area contributed by atoms with Crippen molar-refractivity contribution in [3.8, 4) is 11.1 Å². The molecule has 0 fully saturated rings. The quantitative estimate of drug-likeness (QED) is 0.473. The summed E-state index contributed by atoms with van der Waals surface area (Å²) in [5.74, 6) is -0.784. The van der Waals surface area contributed by atoms with Gasteiger partial charge in [-0.05, 0) is 90.3 Å². The van der Waals surface area contributed by atoms with Crippen molar-refractivity contribution >= 4 is 11.7 Å². The van der Waals surface area contributed by atoms with E-state index in [1.807, 2.05) is 11.9 Å². The number of carboxylic acids is 1. The lowest BCUT2D eigenvalue weighted by molar-refractivity contribution is -0.136. The Hall–Kier alpha value is -3.11. The third-order valence-electron chi connectivity index (χ3n) is 6.92. The lowest BCUT2D eigenvalue weighted by Crippen LogP contribution is -2.21. The molecule has 0 aromatic heterocycles. The molecule has 0 bridgehead atoms. The fourth-order valence-corrected chi connectivity index (χ4v) is 4.65. The van der Waals surface area contributed by atoms with Crippen molar-refractivity contribution in [1.82, 2.24) is 0 Å². The van der Waals surface area contributed by atoms with Crippen LogP contribution in [-0.2, 0) is 29.0 Å². The summed E-state index contributed by atoms with van der Waals surface area (Å²) in [4.78, 5) is 13.0. The first-order valence-corrected chi connectivity index (χ1v) is 11.6. The number of hydrogen-bond donors (Lipinski definition) is 1. The van der Waals surface area contributed by atoms with Gasteiger partial charge in [-0.1, -0.05) is 42.5 Å². The van der Waals surface area contributed by atoms with Gasteiger partial charge in [0.05, 0.1) is 19.1 Å². The number of fused-ring (bicyclic) bond motifs is 1. The average molecular weight is 444 g/mol. The third-order valence-corrected chi connectivity index (χ3v) is 6.92. The Morgan fingerprint density at radius 3 is 2.24 bits per heavy atom. The molecule has 3 aromatic carbocycles. The second kappa shape index (κ2) is 9.80. The Labute approximate surface area is 196 Å².